The molecule has 6 nitrogen and oxygen atoms in total. The van der Waals surface area contributed by atoms with Crippen molar-refractivity contribution in [1.82, 2.24) is 10.6 Å². The minimum atomic E-state index is -0.305. The molecule has 3 N–H and O–H groups in total. The first-order chi connectivity index (χ1) is 10.1. The molecule has 0 aliphatic heterocycles. The molecule has 2 rings (SSSR count). The molecule has 0 saturated heterocycles. The Kier molecular flexibility index (Phi) is 5.38. The number of aryl methyl sites for hydroxylation is 1. The summed E-state index contributed by atoms with van der Waals surface area (Å²) in [5.41, 5.74) is 0.450. The van der Waals surface area contributed by atoms with Crippen LogP contribution in [0.5, 0.6) is 0 Å². The van der Waals surface area contributed by atoms with Gasteiger partial charge in [-0.05, 0) is 44.6 Å². The van der Waals surface area contributed by atoms with Crippen molar-refractivity contribution >= 4 is 11.8 Å². The molecule has 0 aromatic carbocycles. The number of furan rings is 1. The Morgan fingerprint density at radius 2 is 2.05 bits per heavy atom. The van der Waals surface area contributed by atoms with Crippen LogP contribution in [0.1, 0.15) is 41.8 Å². The molecular formula is C15H22N2O4. The maximum absolute atomic E-state index is 11.8. The fourth-order valence-electron chi connectivity index (χ4n) is 2.64. The van der Waals surface area contributed by atoms with E-state index < -0.39 is 0 Å². The van der Waals surface area contributed by atoms with Crippen LogP contribution in [0.25, 0.3) is 0 Å². The van der Waals surface area contributed by atoms with Crippen LogP contribution < -0.4 is 10.6 Å². The Hall–Kier alpha value is -1.82. The van der Waals surface area contributed by atoms with Crippen LogP contribution in [-0.2, 0) is 4.79 Å². The van der Waals surface area contributed by atoms with Crippen molar-refractivity contribution in [3.05, 3.63) is 23.7 Å². The number of hydrogen-bond acceptors (Lipinski definition) is 4. The summed E-state index contributed by atoms with van der Waals surface area (Å²) in [4.78, 5) is 23.6. The minimum absolute atomic E-state index is 0.0383. The van der Waals surface area contributed by atoms with E-state index in [1.54, 1.807) is 13.0 Å². The molecule has 2 amide bonds. The Morgan fingerprint density at radius 1 is 1.33 bits per heavy atom. The van der Waals surface area contributed by atoms with Gasteiger partial charge in [0.15, 0.2) is 0 Å². The second-order valence-electron chi connectivity index (χ2n) is 5.54. The third kappa shape index (κ3) is 4.32. The summed E-state index contributed by atoms with van der Waals surface area (Å²) >= 11 is 0. The van der Waals surface area contributed by atoms with Crippen LogP contribution in [0.2, 0.25) is 0 Å². The molecule has 1 aromatic rings. The molecule has 0 spiro atoms. The van der Waals surface area contributed by atoms with Crippen molar-refractivity contribution in [3.63, 3.8) is 0 Å². The topological polar surface area (TPSA) is 91.6 Å². The van der Waals surface area contributed by atoms with Gasteiger partial charge in [0.2, 0.25) is 5.91 Å². The first-order valence-corrected chi connectivity index (χ1v) is 7.32. The molecule has 0 radical (unpaired) electrons. The standard InChI is InChI=1S/C15H22N2O4/c1-10-13(6-7-21-10)15(20)16-8-14(19)17-12-4-2-11(9-18)3-5-12/h6-7,11-12,18H,2-5,8-9H2,1H3,(H,16,20)(H,17,19). The molecule has 1 saturated carbocycles. The third-order valence-electron chi connectivity index (χ3n) is 3.98. The largest absolute Gasteiger partial charge is 0.469 e. The van der Waals surface area contributed by atoms with Crippen molar-refractivity contribution in [2.24, 2.45) is 5.92 Å². The lowest BCUT2D eigenvalue weighted by Crippen LogP contribution is -2.43. The van der Waals surface area contributed by atoms with E-state index in [1.165, 1.54) is 6.26 Å². The normalized spacial score (nSPS) is 21.8. The van der Waals surface area contributed by atoms with Gasteiger partial charge < -0.3 is 20.2 Å². The van der Waals surface area contributed by atoms with Gasteiger partial charge in [0.05, 0.1) is 18.4 Å². The van der Waals surface area contributed by atoms with E-state index in [1.807, 2.05) is 0 Å². The number of rotatable bonds is 5. The minimum Gasteiger partial charge on any atom is -0.469 e. The van der Waals surface area contributed by atoms with Crippen molar-refractivity contribution < 1.29 is 19.1 Å². The fraction of sp³-hybridized carbons (Fsp3) is 0.600. The van der Waals surface area contributed by atoms with Gasteiger partial charge in [0.25, 0.3) is 5.91 Å². The lowest BCUT2D eigenvalue weighted by molar-refractivity contribution is -0.121. The lowest BCUT2D eigenvalue weighted by Gasteiger charge is -2.27. The Bertz CT molecular complexity index is 490. The summed E-state index contributed by atoms with van der Waals surface area (Å²) in [6.45, 7) is 1.89. The SMILES string of the molecule is Cc1occc1C(=O)NCC(=O)NC1CCC(CO)CC1. The number of nitrogens with one attached hydrogen (secondary N) is 2. The lowest BCUT2D eigenvalue weighted by atomic mass is 9.86. The zero-order valence-electron chi connectivity index (χ0n) is 12.2. The number of carbonyl (C=O) groups is 2. The second-order valence-corrected chi connectivity index (χ2v) is 5.54. The number of aliphatic hydroxyl groups excluding tert-OH is 1. The second kappa shape index (κ2) is 7.26. The molecule has 1 heterocycles. The molecule has 116 valence electrons. The highest BCUT2D eigenvalue weighted by Crippen LogP contribution is 2.23. The highest BCUT2D eigenvalue weighted by atomic mass is 16.3. The van der Waals surface area contributed by atoms with Gasteiger partial charge in [-0.2, -0.15) is 0 Å². The maximum Gasteiger partial charge on any atom is 0.255 e. The summed E-state index contributed by atoms with van der Waals surface area (Å²) in [5.74, 6) is 0.412. The molecule has 1 aliphatic carbocycles. The number of hydrogen-bond donors (Lipinski definition) is 3. The maximum atomic E-state index is 11.8. The summed E-state index contributed by atoms with van der Waals surface area (Å²) in [6, 6.07) is 1.73. The van der Waals surface area contributed by atoms with E-state index in [0.29, 0.717) is 17.2 Å². The van der Waals surface area contributed by atoms with Crippen molar-refractivity contribution in [1.29, 1.82) is 0 Å². The predicted molar refractivity (Wildman–Crippen MR) is 76.8 cm³/mol. The number of amides is 2. The molecule has 0 unspecified atom stereocenters. The van der Waals surface area contributed by atoms with Crippen molar-refractivity contribution in [3.8, 4) is 0 Å². The number of carbonyl (C=O) groups excluding carboxylic acids is 2. The first-order valence-electron chi connectivity index (χ1n) is 7.32. The zero-order valence-corrected chi connectivity index (χ0v) is 12.2. The predicted octanol–water partition coefficient (Wildman–Crippen LogP) is 0.985. The van der Waals surface area contributed by atoms with Crippen LogP contribution in [0.4, 0.5) is 0 Å². The van der Waals surface area contributed by atoms with Gasteiger partial charge in [0.1, 0.15) is 5.76 Å². The highest BCUT2D eigenvalue weighted by molar-refractivity contribution is 5.97. The molecule has 6 heteroatoms. The average Bonchev–Trinajstić information content (AvgIpc) is 2.92. The quantitative estimate of drug-likeness (QED) is 0.755. The van der Waals surface area contributed by atoms with Gasteiger partial charge in [-0.1, -0.05) is 0 Å². The monoisotopic (exact) mass is 294 g/mol. The van der Waals surface area contributed by atoms with Crippen LogP contribution in [-0.4, -0.2) is 36.1 Å². The van der Waals surface area contributed by atoms with Gasteiger partial charge >= 0.3 is 0 Å². The molecule has 1 fully saturated rings. The molecule has 0 atom stereocenters. The average molecular weight is 294 g/mol. The molecular weight excluding hydrogens is 272 g/mol. The first kappa shape index (κ1) is 15.6. The van der Waals surface area contributed by atoms with Crippen LogP contribution in [0, 0.1) is 12.8 Å². The van der Waals surface area contributed by atoms with E-state index in [9.17, 15) is 9.59 Å². The smallest absolute Gasteiger partial charge is 0.255 e. The fourth-order valence-corrected chi connectivity index (χ4v) is 2.64. The molecule has 0 bridgehead atoms. The van der Waals surface area contributed by atoms with Crippen LogP contribution in [0.15, 0.2) is 16.7 Å². The van der Waals surface area contributed by atoms with Gasteiger partial charge in [-0.15, -0.1) is 0 Å². The van der Waals surface area contributed by atoms with Crippen LogP contribution >= 0.6 is 0 Å². The summed E-state index contributed by atoms with van der Waals surface area (Å²) in [7, 11) is 0. The summed E-state index contributed by atoms with van der Waals surface area (Å²) in [6.07, 6.45) is 5.07. The zero-order chi connectivity index (χ0) is 15.2. The van der Waals surface area contributed by atoms with Crippen molar-refractivity contribution in [2.75, 3.05) is 13.2 Å². The third-order valence-corrected chi connectivity index (χ3v) is 3.98. The van der Waals surface area contributed by atoms with E-state index in [4.69, 9.17) is 9.52 Å². The molecule has 21 heavy (non-hydrogen) atoms. The Balaban J connectivity index is 1.71. The van der Waals surface area contributed by atoms with Crippen molar-refractivity contribution in [2.45, 2.75) is 38.6 Å². The highest BCUT2D eigenvalue weighted by Gasteiger charge is 2.22. The van der Waals surface area contributed by atoms with E-state index >= 15 is 0 Å². The van der Waals surface area contributed by atoms with E-state index in [2.05, 4.69) is 10.6 Å². The molecule has 1 aromatic heterocycles. The van der Waals surface area contributed by atoms with Gasteiger partial charge in [0, 0.05) is 12.6 Å². The van der Waals surface area contributed by atoms with Crippen LogP contribution in [0.3, 0.4) is 0 Å². The Labute approximate surface area is 123 Å². The summed E-state index contributed by atoms with van der Waals surface area (Å²) < 4.78 is 5.05. The van der Waals surface area contributed by atoms with Gasteiger partial charge in [-0.25, -0.2) is 0 Å². The van der Waals surface area contributed by atoms with Gasteiger partial charge in [-0.3, -0.25) is 9.59 Å². The van der Waals surface area contributed by atoms with E-state index in [0.717, 1.165) is 25.7 Å². The Morgan fingerprint density at radius 3 is 2.62 bits per heavy atom. The van der Waals surface area contributed by atoms with E-state index in [-0.39, 0.29) is 31.0 Å². The molecule has 1 aliphatic rings. The number of aliphatic hydroxyl groups is 1. The summed E-state index contributed by atoms with van der Waals surface area (Å²) in [5, 5.41) is 14.6.